The molecule has 86 valence electrons. The van der Waals surface area contributed by atoms with Crippen molar-refractivity contribution in [3.63, 3.8) is 0 Å². The quantitative estimate of drug-likeness (QED) is 0.536. The Kier molecular flexibility index (Phi) is 4.05. The van der Waals surface area contributed by atoms with Crippen molar-refractivity contribution in [3.8, 4) is 0 Å². The van der Waals surface area contributed by atoms with Gasteiger partial charge >= 0.3 is 5.97 Å². The lowest BCUT2D eigenvalue weighted by Crippen LogP contribution is -2.59. The summed E-state index contributed by atoms with van der Waals surface area (Å²) in [4.78, 5) is 23.6. The molecule has 0 radical (unpaired) electrons. The van der Waals surface area contributed by atoms with Gasteiger partial charge in [0.1, 0.15) is 6.04 Å². The molecule has 1 amide bonds. The van der Waals surface area contributed by atoms with E-state index in [2.05, 4.69) is 5.32 Å². The van der Waals surface area contributed by atoms with E-state index in [1.807, 2.05) is 4.90 Å². The van der Waals surface area contributed by atoms with Crippen LogP contribution < -0.4 is 11.1 Å². The molecule has 1 rings (SSSR count). The molecular weight excluding hydrogens is 198 g/mol. The molecule has 1 fully saturated rings. The van der Waals surface area contributed by atoms with Crippen LogP contribution in [0.2, 0.25) is 0 Å². The summed E-state index contributed by atoms with van der Waals surface area (Å²) in [5.74, 6) is -1.26. The topological polar surface area (TPSA) is 95.7 Å². The lowest BCUT2D eigenvalue weighted by molar-refractivity contribution is -0.139. The smallest absolute Gasteiger partial charge is 0.304 e. The van der Waals surface area contributed by atoms with Gasteiger partial charge in [0.25, 0.3) is 0 Å². The second kappa shape index (κ2) is 5.09. The fraction of sp³-hybridized carbons (Fsp3) is 0.778. The monoisotopic (exact) mass is 215 g/mol. The van der Waals surface area contributed by atoms with Crippen LogP contribution in [0.4, 0.5) is 0 Å². The third-order valence-corrected chi connectivity index (χ3v) is 2.65. The van der Waals surface area contributed by atoms with Crippen LogP contribution in [0, 0.1) is 0 Å². The predicted molar refractivity (Wildman–Crippen MR) is 54.3 cm³/mol. The minimum Gasteiger partial charge on any atom is -0.481 e. The number of rotatable bonds is 4. The molecule has 0 spiro atoms. The highest BCUT2D eigenvalue weighted by Crippen LogP contribution is 2.11. The Labute approximate surface area is 88.4 Å². The van der Waals surface area contributed by atoms with Gasteiger partial charge in [0, 0.05) is 25.7 Å². The van der Waals surface area contributed by atoms with Crippen LogP contribution >= 0.6 is 0 Å². The van der Waals surface area contributed by atoms with Gasteiger partial charge in [0.2, 0.25) is 5.91 Å². The summed E-state index contributed by atoms with van der Waals surface area (Å²) in [5.41, 5.74) is 5.26. The highest BCUT2D eigenvalue weighted by molar-refractivity contribution is 5.80. The van der Waals surface area contributed by atoms with Crippen molar-refractivity contribution in [3.05, 3.63) is 0 Å². The molecule has 0 aromatic rings. The number of carboxylic acid groups (broad SMARTS) is 1. The number of amides is 1. The molecule has 0 saturated carbocycles. The Hall–Kier alpha value is -1.14. The van der Waals surface area contributed by atoms with E-state index in [1.165, 1.54) is 0 Å². The Morgan fingerprint density at radius 3 is 2.87 bits per heavy atom. The fourth-order valence-electron chi connectivity index (χ4n) is 1.88. The summed E-state index contributed by atoms with van der Waals surface area (Å²) in [6.45, 7) is 3.71. The molecule has 15 heavy (non-hydrogen) atoms. The number of primary amides is 1. The number of carboxylic acids is 1. The van der Waals surface area contributed by atoms with Gasteiger partial charge in [-0.2, -0.15) is 0 Å². The van der Waals surface area contributed by atoms with E-state index in [4.69, 9.17) is 10.8 Å². The van der Waals surface area contributed by atoms with E-state index < -0.39 is 17.9 Å². The molecule has 1 saturated heterocycles. The first-order chi connectivity index (χ1) is 7.02. The largest absolute Gasteiger partial charge is 0.481 e. The van der Waals surface area contributed by atoms with E-state index in [9.17, 15) is 9.59 Å². The Morgan fingerprint density at radius 2 is 2.33 bits per heavy atom. The van der Waals surface area contributed by atoms with Crippen molar-refractivity contribution in [1.29, 1.82) is 0 Å². The zero-order valence-corrected chi connectivity index (χ0v) is 8.77. The first-order valence-corrected chi connectivity index (χ1v) is 5.00. The maximum Gasteiger partial charge on any atom is 0.304 e. The van der Waals surface area contributed by atoms with Crippen LogP contribution in [-0.4, -0.2) is 53.6 Å². The second-order valence-corrected chi connectivity index (χ2v) is 3.81. The first-order valence-electron chi connectivity index (χ1n) is 5.00. The fourth-order valence-corrected chi connectivity index (χ4v) is 1.88. The number of carbonyl (C=O) groups is 2. The second-order valence-electron chi connectivity index (χ2n) is 3.81. The number of aliphatic carboxylic acids is 1. The number of hydrogen-bond acceptors (Lipinski definition) is 4. The van der Waals surface area contributed by atoms with Crippen LogP contribution in [0.5, 0.6) is 0 Å². The van der Waals surface area contributed by atoms with Crippen LogP contribution in [0.1, 0.15) is 13.3 Å². The third-order valence-electron chi connectivity index (χ3n) is 2.65. The molecule has 6 nitrogen and oxygen atoms in total. The minimum atomic E-state index is -0.857. The van der Waals surface area contributed by atoms with E-state index in [1.54, 1.807) is 6.92 Å². The highest BCUT2D eigenvalue weighted by Gasteiger charge is 2.30. The van der Waals surface area contributed by atoms with Crippen molar-refractivity contribution in [2.45, 2.75) is 25.4 Å². The Morgan fingerprint density at radius 1 is 1.67 bits per heavy atom. The van der Waals surface area contributed by atoms with Gasteiger partial charge in [-0.3, -0.25) is 14.5 Å². The average molecular weight is 215 g/mol. The molecule has 1 aliphatic heterocycles. The number of carbonyl (C=O) groups excluding carboxylic acids is 1. The van der Waals surface area contributed by atoms with Gasteiger partial charge in [0.15, 0.2) is 0 Å². The number of nitrogens with zero attached hydrogens (tertiary/aromatic N) is 1. The van der Waals surface area contributed by atoms with Gasteiger partial charge in [-0.15, -0.1) is 0 Å². The summed E-state index contributed by atoms with van der Waals surface area (Å²) in [7, 11) is 0. The zero-order valence-electron chi connectivity index (χ0n) is 8.77. The Balaban J connectivity index is 2.62. The van der Waals surface area contributed by atoms with Gasteiger partial charge in [-0.25, -0.2) is 0 Å². The van der Waals surface area contributed by atoms with Crippen molar-refractivity contribution in [2.75, 3.05) is 19.6 Å². The molecule has 0 aromatic carbocycles. The molecule has 0 bridgehead atoms. The average Bonchev–Trinajstić information content (AvgIpc) is 2.16. The minimum absolute atomic E-state index is 0.0315. The summed E-state index contributed by atoms with van der Waals surface area (Å²) >= 11 is 0. The molecule has 2 unspecified atom stereocenters. The normalized spacial score (nSPS) is 24.7. The number of nitrogens with two attached hydrogens (primary N) is 1. The van der Waals surface area contributed by atoms with Crippen molar-refractivity contribution in [2.24, 2.45) is 5.73 Å². The third kappa shape index (κ3) is 3.17. The molecule has 2 atom stereocenters. The van der Waals surface area contributed by atoms with Gasteiger partial charge < -0.3 is 16.2 Å². The molecule has 6 heteroatoms. The molecule has 0 aromatic heterocycles. The van der Waals surface area contributed by atoms with Gasteiger partial charge in [0.05, 0.1) is 6.42 Å². The Bertz CT molecular complexity index is 257. The summed E-state index contributed by atoms with van der Waals surface area (Å²) in [6.07, 6.45) is 0.0315. The predicted octanol–water partition coefficient (Wildman–Crippen LogP) is -1.39. The maximum absolute atomic E-state index is 11.1. The zero-order chi connectivity index (χ0) is 11.4. The number of nitrogens with one attached hydrogen (secondary N) is 1. The summed E-state index contributed by atoms with van der Waals surface area (Å²) in [5, 5.41) is 11.7. The molecule has 0 aliphatic carbocycles. The van der Waals surface area contributed by atoms with Gasteiger partial charge in [-0.1, -0.05) is 0 Å². The van der Waals surface area contributed by atoms with Crippen LogP contribution in [-0.2, 0) is 9.59 Å². The van der Waals surface area contributed by atoms with E-state index >= 15 is 0 Å². The summed E-state index contributed by atoms with van der Waals surface area (Å²) < 4.78 is 0. The van der Waals surface area contributed by atoms with Crippen LogP contribution in [0.15, 0.2) is 0 Å². The molecule has 1 heterocycles. The molecular formula is C9H17N3O3. The number of hydrogen-bond donors (Lipinski definition) is 3. The molecule has 4 N–H and O–H groups in total. The lowest BCUT2D eigenvalue weighted by Gasteiger charge is -2.37. The van der Waals surface area contributed by atoms with Gasteiger partial charge in [-0.05, 0) is 6.92 Å². The van der Waals surface area contributed by atoms with E-state index in [-0.39, 0.29) is 12.5 Å². The van der Waals surface area contributed by atoms with Crippen LogP contribution in [0.25, 0.3) is 0 Å². The SMILES string of the molecule is CC(CC(=O)O)N1CCNCC1C(N)=O. The van der Waals surface area contributed by atoms with Crippen molar-refractivity contribution in [1.82, 2.24) is 10.2 Å². The number of piperazine rings is 1. The van der Waals surface area contributed by atoms with Crippen LogP contribution in [0.3, 0.4) is 0 Å². The first kappa shape index (κ1) is 11.9. The maximum atomic E-state index is 11.1. The molecule has 1 aliphatic rings. The van der Waals surface area contributed by atoms with E-state index in [0.29, 0.717) is 13.1 Å². The van der Waals surface area contributed by atoms with E-state index in [0.717, 1.165) is 6.54 Å². The highest BCUT2D eigenvalue weighted by atomic mass is 16.4. The summed E-state index contributed by atoms with van der Waals surface area (Å²) in [6, 6.07) is -0.560. The van der Waals surface area contributed by atoms with Crippen molar-refractivity contribution < 1.29 is 14.7 Å². The lowest BCUT2D eigenvalue weighted by atomic mass is 10.1. The van der Waals surface area contributed by atoms with Crippen molar-refractivity contribution >= 4 is 11.9 Å². The standard InChI is InChI=1S/C9H17N3O3/c1-6(4-8(13)14)12-3-2-11-5-7(12)9(10)15/h6-7,11H,2-5H2,1H3,(H2,10,15)(H,13,14).